The molecule has 0 N–H and O–H groups in total. The standard InChI is InChI=1S/C29H30FN3O3/c1-5-36-24-16-14-23(15-17-24)33-27(31-26-9-7-6-8-25(26)29(33)35)20(4)32(18-19(2)3)28(34)21-10-12-22(30)13-11-21/h6-17,19-20H,5,18H2,1-4H3. The minimum atomic E-state index is -0.547. The van der Waals surface area contributed by atoms with Crippen LogP contribution in [0.5, 0.6) is 5.75 Å². The lowest BCUT2D eigenvalue weighted by molar-refractivity contribution is 0.0655. The van der Waals surface area contributed by atoms with Gasteiger partial charge in [-0.3, -0.25) is 14.2 Å². The molecule has 7 heteroatoms. The number of aromatic nitrogens is 2. The van der Waals surface area contributed by atoms with Crippen molar-refractivity contribution < 1.29 is 13.9 Å². The summed E-state index contributed by atoms with van der Waals surface area (Å²) in [6.07, 6.45) is 0. The lowest BCUT2D eigenvalue weighted by atomic mass is 10.1. The van der Waals surface area contributed by atoms with E-state index in [1.165, 1.54) is 24.3 Å². The number of carbonyl (C=O) groups is 1. The summed E-state index contributed by atoms with van der Waals surface area (Å²) in [5, 5.41) is 0.489. The van der Waals surface area contributed by atoms with Crippen LogP contribution in [0.4, 0.5) is 4.39 Å². The van der Waals surface area contributed by atoms with Crippen LogP contribution in [0.2, 0.25) is 0 Å². The van der Waals surface area contributed by atoms with E-state index in [9.17, 15) is 14.0 Å². The first-order valence-corrected chi connectivity index (χ1v) is 12.1. The Labute approximate surface area is 210 Å². The SMILES string of the molecule is CCOc1ccc(-n2c(C(C)N(CC(C)C)C(=O)c3ccc(F)cc3)nc3ccccc3c2=O)cc1. The first-order chi connectivity index (χ1) is 17.3. The third-order valence-corrected chi connectivity index (χ3v) is 5.96. The zero-order valence-electron chi connectivity index (χ0n) is 20.9. The van der Waals surface area contributed by atoms with Crippen LogP contribution in [0.3, 0.4) is 0 Å². The summed E-state index contributed by atoms with van der Waals surface area (Å²) >= 11 is 0. The fourth-order valence-corrected chi connectivity index (χ4v) is 4.25. The number of nitrogens with zero attached hydrogens (tertiary/aromatic N) is 3. The second kappa shape index (κ2) is 10.7. The summed E-state index contributed by atoms with van der Waals surface area (Å²) in [6, 6.07) is 19.4. The molecule has 0 saturated carbocycles. The van der Waals surface area contributed by atoms with E-state index in [-0.39, 0.29) is 17.4 Å². The van der Waals surface area contributed by atoms with Crippen LogP contribution in [0.15, 0.2) is 77.6 Å². The van der Waals surface area contributed by atoms with Gasteiger partial charge in [0.25, 0.3) is 11.5 Å². The molecule has 1 aromatic heterocycles. The third kappa shape index (κ3) is 5.15. The van der Waals surface area contributed by atoms with Crippen LogP contribution in [-0.4, -0.2) is 33.5 Å². The van der Waals surface area contributed by atoms with Crippen LogP contribution in [0.1, 0.15) is 49.9 Å². The highest BCUT2D eigenvalue weighted by Crippen LogP contribution is 2.26. The van der Waals surface area contributed by atoms with Gasteiger partial charge in [0.15, 0.2) is 0 Å². The van der Waals surface area contributed by atoms with Gasteiger partial charge in [0.1, 0.15) is 17.4 Å². The summed E-state index contributed by atoms with van der Waals surface area (Å²) in [5.74, 6) is 0.639. The highest BCUT2D eigenvalue weighted by molar-refractivity contribution is 5.94. The first-order valence-electron chi connectivity index (χ1n) is 12.1. The van der Waals surface area contributed by atoms with Gasteiger partial charge in [0, 0.05) is 12.1 Å². The van der Waals surface area contributed by atoms with Crippen molar-refractivity contribution in [3.05, 3.63) is 100 Å². The number of ether oxygens (including phenoxy) is 1. The van der Waals surface area contributed by atoms with E-state index < -0.39 is 11.9 Å². The minimum absolute atomic E-state index is 0.156. The predicted octanol–water partition coefficient (Wildman–Crippen LogP) is 5.78. The van der Waals surface area contributed by atoms with E-state index in [1.807, 2.05) is 58.0 Å². The molecular formula is C29H30FN3O3. The molecule has 0 aliphatic carbocycles. The molecule has 4 rings (SSSR count). The average molecular weight is 488 g/mol. The Bertz CT molecular complexity index is 1410. The first kappa shape index (κ1) is 25.1. The van der Waals surface area contributed by atoms with Gasteiger partial charge >= 0.3 is 0 Å². The van der Waals surface area contributed by atoms with Gasteiger partial charge in [0.2, 0.25) is 0 Å². The number of para-hydroxylation sites is 1. The molecule has 3 aromatic carbocycles. The number of hydrogen-bond donors (Lipinski definition) is 0. The molecule has 6 nitrogen and oxygen atoms in total. The fraction of sp³-hybridized carbons (Fsp3) is 0.276. The Morgan fingerprint density at radius 1 is 1.00 bits per heavy atom. The van der Waals surface area contributed by atoms with Gasteiger partial charge in [0.05, 0.1) is 29.2 Å². The van der Waals surface area contributed by atoms with Gasteiger partial charge in [-0.05, 0) is 80.4 Å². The van der Waals surface area contributed by atoms with E-state index in [0.717, 1.165) is 0 Å². The van der Waals surface area contributed by atoms with E-state index in [4.69, 9.17) is 9.72 Å². The van der Waals surface area contributed by atoms with Gasteiger partial charge in [-0.1, -0.05) is 26.0 Å². The maximum absolute atomic E-state index is 13.7. The van der Waals surface area contributed by atoms with Crippen molar-refractivity contribution in [2.75, 3.05) is 13.2 Å². The lowest BCUT2D eigenvalue weighted by Crippen LogP contribution is -2.39. The van der Waals surface area contributed by atoms with Crippen molar-refractivity contribution in [2.24, 2.45) is 5.92 Å². The van der Waals surface area contributed by atoms with Crippen molar-refractivity contribution in [1.82, 2.24) is 14.5 Å². The molecule has 0 aliphatic heterocycles. The van der Waals surface area contributed by atoms with Crippen molar-refractivity contribution in [3.63, 3.8) is 0 Å². The number of halogens is 1. The maximum Gasteiger partial charge on any atom is 0.266 e. The van der Waals surface area contributed by atoms with Gasteiger partial charge in [-0.2, -0.15) is 0 Å². The van der Waals surface area contributed by atoms with E-state index >= 15 is 0 Å². The summed E-state index contributed by atoms with van der Waals surface area (Å²) in [6.45, 7) is 8.78. The van der Waals surface area contributed by atoms with Crippen molar-refractivity contribution in [2.45, 2.75) is 33.7 Å². The normalized spacial score (nSPS) is 12.1. The van der Waals surface area contributed by atoms with Crippen LogP contribution >= 0.6 is 0 Å². The zero-order valence-corrected chi connectivity index (χ0v) is 20.9. The monoisotopic (exact) mass is 487 g/mol. The molecular weight excluding hydrogens is 457 g/mol. The van der Waals surface area contributed by atoms with Crippen LogP contribution in [0, 0.1) is 11.7 Å². The number of carbonyl (C=O) groups excluding carboxylic acids is 1. The third-order valence-electron chi connectivity index (χ3n) is 5.96. The molecule has 0 bridgehead atoms. The summed E-state index contributed by atoms with van der Waals surface area (Å²) in [5.41, 5.74) is 1.34. The molecule has 0 radical (unpaired) electrons. The minimum Gasteiger partial charge on any atom is -0.494 e. The Balaban J connectivity index is 1.88. The molecule has 1 amide bonds. The summed E-state index contributed by atoms with van der Waals surface area (Å²) in [4.78, 5) is 33.9. The Morgan fingerprint density at radius 2 is 1.67 bits per heavy atom. The molecule has 36 heavy (non-hydrogen) atoms. The fourth-order valence-electron chi connectivity index (χ4n) is 4.25. The lowest BCUT2D eigenvalue weighted by Gasteiger charge is -2.32. The maximum atomic E-state index is 13.7. The number of rotatable bonds is 8. The van der Waals surface area contributed by atoms with Gasteiger partial charge in [-0.15, -0.1) is 0 Å². The average Bonchev–Trinajstić information content (AvgIpc) is 2.87. The molecule has 0 saturated heterocycles. The number of fused-ring (bicyclic) bond motifs is 1. The molecule has 0 aliphatic rings. The largest absolute Gasteiger partial charge is 0.494 e. The van der Waals surface area contributed by atoms with Crippen LogP contribution < -0.4 is 10.3 Å². The summed E-state index contributed by atoms with van der Waals surface area (Å²) in [7, 11) is 0. The van der Waals surface area contributed by atoms with Crippen molar-refractivity contribution >= 4 is 16.8 Å². The molecule has 186 valence electrons. The number of hydrogen-bond acceptors (Lipinski definition) is 4. The van der Waals surface area contributed by atoms with Gasteiger partial charge < -0.3 is 9.64 Å². The molecule has 0 fully saturated rings. The van der Waals surface area contributed by atoms with E-state index in [0.29, 0.717) is 46.9 Å². The zero-order chi connectivity index (χ0) is 25.8. The summed E-state index contributed by atoms with van der Waals surface area (Å²) < 4.78 is 20.6. The number of benzene rings is 3. The Kier molecular flexibility index (Phi) is 7.48. The molecule has 1 unspecified atom stereocenters. The highest BCUT2D eigenvalue weighted by Gasteiger charge is 2.28. The molecule has 0 spiro atoms. The van der Waals surface area contributed by atoms with Crippen LogP contribution in [0.25, 0.3) is 16.6 Å². The molecule has 1 atom stereocenters. The van der Waals surface area contributed by atoms with Crippen molar-refractivity contribution in [3.8, 4) is 11.4 Å². The quantitative estimate of drug-likeness (QED) is 0.316. The molecule has 1 heterocycles. The van der Waals surface area contributed by atoms with Gasteiger partial charge in [-0.25, -0.2) is 9.37 Å². The van der Waals surface area contributed by atoms with Crippen LogP contribution in [-0.2, 0) is 0 Å². The topological polar surface area (TPSA) is 64.4 Å². The predicted molar refractivity (Wildman–Crippen MR) is 139 cm³/mol. The van der Waals surface area contributed by atoms with Crippen molar-refractivity contribution in [1.29, 1.82) is 0 Å². The second-order valence-corrected chi connectivity index (χ2v) is 9.09. The van der Waals surface area contributed by atoms with E-state index in [1.54, 1.807) is 27.7 Å². The highest BCUT2D eigenvalue weighted by atomic mass is 19.1. The Morgan fingerprint density at radius 3 is 2.31 bits per heavy atom. The second-order valence-electron chi connectivity index (χ2n) is 9.09. The number of amides is 1. The Hall–Kier alpha value is -4.00. The van der Waals surface area contributed by atoms with E-state index in [2.05, 4.69) is 0 Å². The smallest absolute Gasteiger partial charge is 0.266 e. The molecule has 4 aromatic rings.